The molecule has 1 heterocycles. The fourth-order valence-corrected chi connectivity index (χ4v) is 2.57. The van der Waals surface area contributed by atoms with Gasteiger partial charge in [0.2, 0.25) is 5.91 Å². The van der Waals surface area contributed by atoms with E-state index in [1.165, 1.54) is 26.5 Å². The predicted octanol–water partition coefficient (Wildman–Crippen LogP) is 4.21. The van der Waals surface area contributed by atoms with Crippen LogP contribution in [0.2, 0.25) is 0 Å². The highest BCUT2D eigenvalue weighted by Gasteiger charge is 2.14. The van der Waals surface area contributed by atoms with E-state index in [9.17, 15) is 13.6 Å². The van der Waals surface area contributed by atoms with Gasteiger partial charge in [0.05, 0.1) is 31.7 Å². The summed E-state index contributed by atoms with van der Waals surface area (Å²) in [6.07, 6.45) is 1.66. The molecule has 3 rings (SSSR count). The molecule has 0 aliphatic heterocycles. The van der Waals surface area contributed by atoms with Crippen LogP contribution in [0.15, 0.2) is 47.0 Å². The number of oxazole rings is 1. The number of halogens is 2. The number of amides is 1. The highest BCUT2D eigenvalue weighted by Crippen LogP contribution is 2.29. The summed E-state index contributed by atoms with van der Waals surface area (Å²) in [4.78, 5) is 16.3. The van der Waals surface area contributed by atoms with Crippen LogP contribution in [-0.4, -0.2) is 25.1 Å². The van der Waals surface area contributed by atoms with E-state index in [-0.39, 0.29) is 36.0 Å². The summed E-state index contributed by atoms with van der Waals surface area (Å²) in [7, 11) is 3.03. The molecule has 0 unspecified atom stereocenters. The van der Waals surface area contributed by atoms with Crippen molar-refractivity contribution in [3.8, 4) is 22.8 Å². The number of methoxy groups -OCH3 is 2. The smallest absolute Gasteiger partial charge is 0.224 e. The van der Waals surface area contributed by atoms with Gasteiger partial charge in [-0.3, -0.25) is 4.79 Å². The Morgan fingerprint density at radius 3 is 2.68 bits per heavy atom. The van der Waals surface area contributed by atoms with Crippen molar-refractivity contribution in [1.29, 1.82) is 0 Å². The average Bonchev–Trinajstić information content (AvgIpc) is 3.15. The van der Waals surface area contributed by atoms with Crippen molar-refractivity contribution in [3.63, 3.8) is 0 Å². The van der Waals surface area contributed by atoms with Gasteiger partial charge in [0.15, 0.2) is 11.7 Å². The number of hydrogen-bond acceptors (Lipinski definition) is 5. The van der Waals surface area contributed by atoms with Crippen LogP contribution < -0.4 is 14.8 Å². The third-order valence-electron chi connectivity index (χ3n) is 4.00. The Bertz CT molecular complexity index is 988. The first-order chi connectivity index (χ1) is 13.5. The monoisotopic (exact) mass is 388 g/mol. The van der Waals surface area contributed by atoms with Crippen LogP contribution in [0.4, 0.5) is 14.5 Å². The molecule has 1 amide bonds. The summed E-state index contributed by atoms with van der Waals surface area (Å²) in [6.45, 7) is 0. The molecular formula is C20H18F2N2O4. The largest absolute Gasteiger partial charge is 0.497 e. The zero-order chi connectivity index (χ0) is 20.1. The zero-order valence-electron chi connectivity index (χ0n) is 15.3. The van der Waals surface area contributed by atoms with E-state index in [0.717, 1.165) is 12.1 Å². The van der Waals surface area contributed by atoms with Crippen molar-refractivity contribution >= 4 is 11.6 Å². The minimum Gasteiger partial charge on any atom is -0.497 e. The fourth-order valence-electron chi connectivity index (χ4n) is 2.57. The molecule has 0 atom stereocenters. The van der Waals surface area contributed by atoms with Crippen LogP contribution in [0.3, 0.4) is 0 Å². The van der Waals surface area contributed by atoms with Crippen molar-refractivity contribution in [1.82, 2.24) is 4.98 Å². The van der Waals surface area contributed by atoms with Gasteiger partial charge in [-0.05, 0) is 24.3 Å². The van der Waals surface area contributed by atoms with Crippen LogP contribution in [0.25, 0.3) is 11.3 Å². The van der Waals surface area contributed by atoms with E-state index in [0.29, 0.717) is 17.2 Å². The van der Waals surface area contributed by atoms with Gasteiger partial charge in [-0.2, -0.15) is 0 Å². The lowest BCUT2D eigenvalue weighted by atomic mass is 10.2. The number of rotatable bonds is 7. The molecule has 1 aromatic heterocycles. The van der Waals surface area contributed by atoms with E-state index in [1.807, 2.05) is 0 Å². The van der Waals surface area contributed by atoms with Crippen molar-refractivity contribution < 1.29 is 27.5 Å². The zero-order valence-corrected chi connectivity index (χ0v) is 15.3. The number of anilines is 1. The number of carbonyl (C=O) groups is 1. The van der Waals surface area contributed by atoms with E-state index < -0.39 is 11.6 Å². The average molecular weight is 388 g/mol. The maximum absolute atomic E-state index is 13.8. The van der Waals surface area contributed by atoms with Crippen LogP contribution in [0, 0.1) is 11.6 Å². The van der Waals surface area contributed by atoms with Crippen molar-refractivity contribution in [2.24, 2.45) is 0 Å². The molecule has 6 nitrogen and oxygen atoms in total. The number of aryl methyl sites for hydroxylation is 1. The first-order valence-electron chi connectivity index (χ1n) is 8.42. The second kappa shape index (κ2) is 8.51. The predicted molar refractivity (Wildman–Crippen MR) is 98.4 cm³/mol. The molecule has 1 N–H and O–H groups in total. The Kier molecular flexibility index (Phi) is 5.88. The van der Waals surface area contributed by atoms with E-state index >= 15 is 0 Å². The number of nitrogens with one attached hydrogen (secondary N) is 1. The highest BCUT2D eigenvalue weighted by molar-refractivity contribution is 5.92. The summed E-state index contributed by atoms with van der Waals surface area (Å²) in [6, 6.07) is 8.22. The molecule has 3 aromatic rings. The molecule has 0 bridgehead atoms. The van der Waals surface area contributed by atoms with Crippen LogP contribution >= 0.6 is 0 Å². The Labute approximate surface area is 160 Å². The van der Waals surface area contributed by atoms with E-state index in [4.69, 9.17) is 13.9 Å². The summed E-state index contributed by atoms with van der Waals surface area (Å²) in [5, 5.41) is 2.75. The summed E-state index contributed by atoms with van der Waals surface area (Å²) in [5.41, 5.74) is 0.613. The first kappa shape index (κ1) is 19.3. The topological polar surface area (TPSA) is 73.6 Å². The number of nitrogens with zero attached hydrogens (tertiary/aromatic N) is 1. The van der Waals surface area contributed by atoms with Gasteiger partial charge in [-0.15, -0.1) is 0 Å². The molecule has 0 aliphatic rings. The summed E-state index contributed by atoms with van der Waals surface area (Å²) < 4.78 is 42.6. The highest BCUT2D eigenvalue weighted by atomic mass is 19.1. The standard InChI is InChI=1S/C20H18F2N2O4/c1-26-13-4-6-16(17(10-13)27-2)24-19(25)7-8-20-23-11-18(28-20)14-5-3-12(21)9-15(14)22/h3-6,9-11H,7-8H2,1-2H3,(H,24,25). The first-order valence-corrected chi connectivity index (χ1v) is 8.42. The van der Waals surface area contributed by atoms with Gasteiger partial charge in [-0.25, -0.2) is 13.8 Å². The van der Waals surface area contributed by atoms with Gasteiger partial charge in [0.25, 0.3) is 0 Å². The van der Waals surface area contributed by atoms with Crippen LogP contribution in [-0.2, 0) is 11.2 Å². The Hall–Kier alpha value is -3.42. The number of hydrogen-bond donors (Lipinski definition) is 1. The molecule has 0 fully saturated rings. The van der Waals surface area contributed by atoms with Crippen LogP contribution in [0.5, 0.6) is 11.5 Å². The SMILES string of the molecule is COc1ccc(NC(=O)CCc2ncc(-c3ccc(F)cc3F)o2)c(OC)c1. The van der Waals surface area contributed by atoms with Gasteiger partial charge < -0.3 is 19.2 Å². The minimum absolute atomic E-state index is 0.0983. The fraction of sp³-hybridized carbons (Fsp3) is 0.200. The Balaban J connectivity index is 1.62. The number of carbonyl (C=O) groups excluding carboxylic acids is 1. The molecule has 2 aromatic carbocycles. The lowest BCUT2D eigenvalue weighted by molar-refractivity contribution is -0.116. The Morgan fingerprint density at radius 2 is 1.96 bits per heavy atom. The molecular weight excluding hydrogens is 370 g/mol. The molecule has 0 saturated heterocycles. The lowest BCUT2D eigenvalue weighted by Gasteiger charge is -2.11. The van der Waals surface area contributed by atoms with Gasteiger partial charge in [0, 0.05) is 25.0 Å². The van der Waals surface area contributed by atoms with Crippen molar-refractivity contribution in [2.45, 2.75) is 12.8 Å². The van der Waals surface area contributed by atoms with Crippen LogP contribution in [0.1, 0.15) is 12.3 Å². The number of ether oxygens (including phenoxy) is 2. The summed E-state index contributed by atoms with van der Waals surface area (Å²) in [5.74, 6) is -0.164. The molecule has 0 saturated carbocycles. The number of benzene rings is 2. The third-order valence-corrected chi connectivity index (χ3v) is 4.00. The van der Waals surface area contributed by atoms with Crippen molar-refractivity contribution in [2.75, 3.05) is 19.5 Å². The summed E-state index contributed by atoms with van der Waals surface area (Å²) >= 11 is 0. The molecule has 146 valence electrons. The second-order valence-corrected chi connectivity index (χ2v) is 5.86. The number of aromatic nitrogens is 1. The normalized spacial score (nSPS) is 10.6. The maximum atomic E-state index is 13.8. The third kappa shape index (κ3) is 4.46. The lowest BCUT2D eigenvalue weighted by Crippen LogP contribution is -2.13. The van der Waals surface area contributed by atoms with Gasteiger partial charge in [-0.1, -0.05) is 0 Å². The molecule has 8 heteroatoms. The van der Waals surface area contributed by atoms with Gasteiger partial charge >= 0.3 is 0 Å². The van der Waals surface area contributed by atoms with Crippen molar-refractivity contribution in [3.05, 3.63) is 60.1 Å². The second-order valence-electron chi connectivity index (χ2n) is 5.86. The molecule has 0 radical (unpaired) electrons. The van der Waals surface area contributed by atoms with Gasteiger partial charge in [0.1, 0.15) is 23.1 Å². The van der Waals surface area contributed by atoms with E-state index in [2.05, 4.69) is 10.3 Å². The minimum atomic E-state index is -0.743. The van der Waals surface area contributed by atoms with E-state index in [1.54, 1.807) is 18.2 Å². The maximum Gasteiger partial charge on any atom is 0.224 e. The quantitative estimate of drug-likeness (QED) is 0.656. The Morgan fingerprint density at radius 1 is 1.14 bits per heavy atom. The molecule has 28 heavy (non-hydrogen) atoms. The molecule has 0 spiro atoms. The molecule has 0 aliphatic carbocycles.